The van der Waals surface area contributed by atoms with Crippen LogP contribution in [0, 0.1) is 0 Å². The number of hydrogen-bond donors (Lipinski definition) is 2. The van der Waals surface area contributed by atoms with Crippen LogP contribution in [0.1, 0.15) is 17.3 Å². The quantitative estimate of drug-likeness (QED) is 0.352. The topological polar surface area (TPSA) is 119 Å². The number of rotatable bonds is 8. The summed E-state index contributed by atoms with van der Waals surface area (Å²) in [5.74, 6) is -0.338. The van der Waals surface area contributed by atoms with Gasteiger partial charge in [-0.25, -0.2) is 18.2 Å². The first kappa shape index (κ1) is 23.1. The number of aromatic nitrogens is 1. The van der Waals surface area contributed by atoms with E-state index < -0.39 is 15.8 Å². The molecule has 0 fully saturated rings. The van der Waals surface area contributed by atoms with Crippen molar-refractivity contribution in [2.24, 2.45) is 0 Å². The van der Waals surface area contributed by atoms with Gasteiger partial charge in [0.25, 0.3) is 6.01 Å². The molecule has 2 N–H and O–H groups in total. The largest absolute Gasteiger partial charge is 0.495 e. The third kappa shape index (κ3) is 4.65. The first-order valence-electron chi connectivity index (χ1n) is 10.4. The van der Waals surface area contributed by atoms with E-state index in [0.717, 1.165) is 11.1 Å². The number of sulfone groups is 1. The van der Waals surface area contributed by atoms with Crippen molar-refractivity contribution in [1.82, 2.24) is 4.98 Å². The first-order valence-corrected chi connectivity index (χ1v) is 12.0. The van der Waals surface area contributed by atoms with Gasteiger partial charge in [0.05, 0.1) is 35.2 Å². The van der Waals surface area contributed by atoms with E-state index >= 15 is 0 Å². The standard InChI is InChI=1S/C25H22N2O6S/c1-3-34(30,31)18-10-12-22(32-2)21(14-18)27-25-26-15-23(33-25)20-13-17(24(28)29)9-11-19(20)16-7-5-4-6-8-16/h4-15H,3H2,1-2H3,(H,26,27)(H,28,29). The molecule has 0 aliphatic heterocycles. The van der Waals surface area contributed by atoms with Crippen molar-refractivity contribution in [3.05, 3.63) is 78.5 Å². The lowest BCUT2D eigenvalue weighted by molar-refractivity contribution is 0.0697. The molecular formula is C25H22N2O6S. The molecule has 0 unspecified atom stereocenters. The van der Waals surface area contributed by atoms with Crippen LogP contribution in [-0.4, -0.2) is 37.3 Å². The summed E-state index contributed by atoms with van der Waals surface area (Å²) in [4.78, 5) is 16.0. The van der Waals surface area contributed by atoms with E-state index in [9.17, 15) is 18.3 Å². The molecule has 3 aromatic carbocycles. The molecule has 0 spiro atoms. The average molecular weight is 479 g/mol. The second-order valence-corrected chi connectivity index (χ2v) is 9.63. The van der Waals surface area contributed by atoms with Crippen molar-refractivity contribution < 1.29 is 27.5 Å². The number of carboxylic acid groups (broad SMARTS) is 1. The maximum absolute atomic E-state index is 12.3. The Morgan fingerprint density at radius 1 is 1.06 bits per heavy atom. The summed E-state index contributed by atoms with van der Waals surface area (Å²) in [5.41, 5.74) is 2.70. The Labute approximate surface area is 196 Å². The summed E-state index contributed by atoms with van der Waals surface area (Å²) in [6, 6.07) is 18.9. The third-order valence-electron chi connectivity index (χ3n) is 5.27. The van der Waals surface area contributed by atoms with Crippen LogP contribution in [0.3, 0.4) is 0 Å². The number of aromatic carboxylic acids is 1. The maximum atomic E-state index is 12.3. The normalized spacial score (nSPS) is 11.2. The second-order valence-electron chi connectivity index (χ2n) is 7.35. The molecule has 4 rings (SSSR count). The fourth-order valence-electron chi connectivity index (χ4n) is 3.47. The highest BCUT2D eigenvalue weighted by atomic mass is 32.2. The van der Waals surface area contributed by atoms with E-state index in [1.54, 1.807) is 19.1 Å². The predicted octanol–water partition coefficient (Wildman–Crippen LogP) is 5.25. The number of benzene rings is 3. The molecule has 0 atom stereocenters. The third-order valence-corrected chi connectivity index (χ3v) is 7.01. The summed E-state index contributed by atoms with van der Waals surface area (Å²) in [7, 11) is -1.96. The Balaban J connectivity index is 1.75. The summed E-state index contributed by atoms with van der Waals surface area (Å²) >= 11 is 0. The van der Waals surface area contributed by atoms with E-state index in [4.69, 9.17) is 9.15 Å². The number of anilines is 2. The van der Waals surface area contributed by atoms with Gasteiger partial charge in [0.15, 0.2) is 15.6 Å². The van der Waals surface area contributed by atoms with E-state index in [1.807, 2.05) is 30.3 Å². The molecular weight excluding hydrogens is 456 g/mol. The number of ether oxygens (including phenoxy) is 1. The van der Waals surface area contributed by atoms with Crippen LogP contribution in [0.15, 0.2) is 82.2 Å². The van der Waals surface area contributed by atoms with Crippen LogP contribution >= 0.6 is 0 Å². The Hall–Kier alpha value is -4.11. The SMILES string of the molecule is CCS(=O)(=O)c1ccc(OC)c(Nc2ncc(-c3cc(C(=O)O)ccc3-c3ccccc3)o2)c1. The number of nitrogens with zero attached hydrogens (tertiary/aromatic N) is 1. The van der Waals surface area contributed by atoms with Crippen molar-refractivity contribution >= 4 is 27.5 Å². The molecule has 0 bridgehead atoms. The van der Waals surface area contributed by atoms with Crippen LogP contribution in [0.25, 0.3) is 22.5 Å². The predicted molar refractivity (Wildman–Crippen MR) is 128 cm³/mol. The van der Waals surface area contributed by atoms with Crippen molar-refractivity contribution in [3.8, 4) is 28.2 Å². The van der Waals surface area contributed by atoms with E-state index in [2.05, 4.69) is 10.3 Å². The van der Waals surface area contributed by atoms with Gasteiger partial charge < -0.3 is 19.6 Å². The van der Waals surface area contributed by atoms with Crippen molar-refractivity contribution in [2.75, 3.05) is 18.2 Å². The second kappa shape index (κ2) is 9.40. The van der Waals surface area contributed by atoms with Crippen LogP contribution in [0.4, 0.5) is 11.7 Å². The minimum atomic E-state index is -3.43. The number of carbonyl (C=O) groups is 1. The molecule has 0 saturated carbocycles. The lowest BCUT2D eigenvalue weighted by Crippen LogP contribution is -2.05. The van der Waals surface area contributed by atoms with Gasteiger partial charge in [0.2, 0.25) is 0 Å². The zero-order valence-corrected chi connectivity index (χ0v) is 19.3. The molecule has 4 aromatic rings. The van der Waals surface area contributed by atoms with Gasteiger partial charge in [-0.1, -0.05) is 43.3 Å². The molecule has 174 valence electrons. The number of nitrogens with one attached hydrogen (secondary N) is 1. The Morgan fingerprint density at radius 3 is 2.50 bits per heavy atom. The molecule has 1 heterocycles. The number of methoxy groups -OCH3 is 1. The summed E-state index contributed by atoms with van der Waals surface area (Å²) in [6.45, 7) is 1.57. The van der Waals surface area contributed by atoms with Gasteiger partial charge in [-0.15, -0.1) is 0 Å². The van der Waals surface area contributed by atoms with Gasteiger partial charge in [0.1, 0.15) is 5.75 Å². The van der Waals surface area contributed by atoms with E-state index in [-0.39, 0.29) is 22.2 Å². The number of carboxylic acids is 1. The zero-order chi connectivity index (χ0) is 24.3. The molecule has 9 heteroatoms. The monoisotopic (exact) mass is 478 g/mol. The van der Waals surface area contributed by atoms with Crippen molar-refractivity contribution in [2.45, 2.75) is 11.8 Å². The minimum absolute atomic E-state index is 0.0376. The Kier molecular flexibility index (Phi) is 6.38. The lowest BCUT2D eigenvalue weighted by Gasteiger charge is -2.11. The Bertz CT molecular complexity index is 1450. The van der Waals surface area contributed by atoms with E-state index in [1.165, 1.54) is 37.6 Å². The number of hydrogen-bond acceptors (Lipinski definition) is 7. The molecule has 1 aromatic heterocycles. The van der Waals surface area contributed by atoms with Gasteiger partial charge >= 0.3 is 5.97 Å². The van der Waals surface area contributed by atoms with Gasteiger partial charge in [-0.05, 0) is 41.5 Å². The highest BCUT2D eigenvalue weighted by molar-refractivity contribution is 7.91. The van der Waals surface area contributed by atoms with Gasteiger partial charge in [-0.3, -0.25) is 0 Å². The highest BCUT2D eigenvalue weighted by Crippen LogP contribution is 2.36. The van der Waals surface area contributed by atoms with Crippen molar-refractivity contribution in [3.63, 3.8) is 0 Å². The molecule has 0 amide bonds. The zero-order valence-electron chi connectivity index (χ0n) is 18.5. The molecule has 0 radical (unpaired) electrons. The first-order chi connectivity index (χ1) is 16.3. The minimum Gasteiger partial charge on any atom is -0.495 e. The molecule has 8 nitrogen and oxygen atoms in total. The summed E-state index contributed by atoms with van der Waals surface area (Å²) < 4.78 is 35.8. The van der Waals surface area contributed by atoms with Crippen LogP contribution in [0.2, 0.25) is 0 Å². The summed E-state index contributed by atoms with van der Waals surface area (Å²) in [5, 5.41) is 12.4. The van der Waals surface area contributed by atoms with Crippen LogP contribution in [-0.2, 0) is 9.84 Å². The fraction of sp³-hybridized carbons (Fsp3) is 0.120. The fourth-order valence-corrected chi connectivity index (χ4v) is 4.37. The van der Waals surface area contributed by atoms with Gasteiger partial charge in [-0.2, -0.15) is 0 Å². The molecule has 0 aliphatic rings. The molecule has 34 heavy (non-hydrogen) atoms. The summed E-state index contributed by atoms with van der Waals surface area (Å²) in [6.07, 6.45) is 1.48. The highest BCUT2D eigenvalue weighted by Gasteiger charge is 2.18. The lowest BCUT2D eigenvalue weighted by atomic mass is 9.96. The van der Waals surface area contributed by atoms with Crippen LogP contribution < -0.4 is 10.1 Å². The number of oxazole rings is 1. The smallest absolute Gasteiger partial charge is 0.335 e. The average Bonchev–Trinajstić information content (AvgIpc) is 3.32. The van der Waals surface area contributed by atoms with Crippen LogP contribution in [0.5, 0.6) is 5.75 Å². The maximum Gasteiger partial charge on any atom is 0.335 e. The van der Waals surface area contributed by atoms with Gasteiger partial charge in [0, 0.05) is 5.56 Å². The molecule has 0 aliphatic carbocycles. The Morgan fingerprint density at radius 2 is 1.82 bits per heavy atom. The van der Waals surface area contributed by atoms with E-state index in [0.29, 0.717) is 22.8 Å². The molecule has 0 saturated heterocycles. The van der Waals surface area contributed by atoms with Crippen molar-refractivity contribution in [1.29, 1.82) is 0 Å².